The van der Waals surface area contributed by atoms with Crippen LogP contribution in [0.5, 0.6) is 0 Å². The third kappa shape index (κ3) is 6.94. The van der Waals surface area contributed by atoms with Crippen LogP contribution in [0.2, 0.25) is 0 Å². The van der Waals surface area contributed by atoms with E-state index >= 15 is 0 Å². The number of halogens is 2. The average Bonchev–Trinajstić information content (AvgIpc) is 3.67. The fourth-order valence-electron chi connectivity index (χ4n) is 4.51. The third-order valence-corrected chi connectivity index (χ3v) is 10.1. The van der Waals surface area contributed by atoms with Crippen molar-refractivity contribution in [3.8, 4) is 22.8 Å². The van der Waals surface area contributed by atoms with Gasteiger partial charge in [0, 0.05) is 26.3 Å². The molecule has 5 aromatic carbocycles. The number of anilines is 1. The summed E-state index contributed by atoms with van der Waals surface area (Å²) >= 11 is 3.35. The molecule has 2 aromatic heterocycles. The number of aromatic amines is 2. The van der Waals surface area contributed by atoms with E-state index in [4.69, 9.17) is 10.7 Å². The molecule has 2 heterocycles. The van der Waals surface area contributed by atoms with Crippen molar-refractivity contribution in [3.05, 3.63) is 126 Å². The molecule has 7 aromatic rings. The van der Waals surface area contributed by atoms with Gasteiger partial charge in [-0.15, -0.1) is 0 Å². The number of aromatic nitrogens is 4. The largest absolute Gasteiger partial charge is 0.338 e. The van der Waals surface area contributed by atoms with Crippen LogP contribution in [0.15, 0.2) is 136 Å². The van der Waals surface area contributed by atoms with Crippen molar-refractivity contribution in [2.45, 2.75) is 9.79 Å². The van der Waals surface area contributed by atoms with Gasteiger partial charge in [-0.3, -0.25) is 4.72 Å². The molecule has 0 spiro atoms. The molecule has 0 aliphatic heterocycles. The molecule has 45 heavy (non-hydrogen) atoms. The van der Waals surface area contributed by atoms with Crippen molar-refractivity contribution in [2.75, 3.05) is 4.72 Å². The zero-order valence-corrected chi connectivity index (χ0v) is 27.1. The number of hydrogen-bond acceptors (Lipinski definition) is 6. The van der Waals surface area contributed by atoms with Crippen LogP contribution in [0.3, 0.4) is 0 Å². The highest BCUT2D eigenvalue weighted by molar-refractivity contribution is 9.10. The molecule has 0 radical (unpaired) electrons. The number of nitrogens with one attached hydrogen (secondary N) is 3. The highest BCUT2D eigenvalue weighted by Crippen LogP contribution is 2.27. The topological polar surface area (TPSA) is 138 Å². The molecule has 9 nitrogen and oxygen atoms in total. The van der Waals surface area contributed by atoms with Gasteiger partial charge in [-0.1, -0.05) is 72.8 Å². The first kappa shape index (κ1) is 30.5. The van der Waals surface area contributed by atoms with Crippen molar-refractivity contribution in [1.29, 1.82) is 0 Å². The molecule has 0 bridgehead atoms. The van der Waals surface area contributed by atoms with Gasteiger partial charge in [0.15, 0.2) is 0 Å². The van der Waals surface area contributed by atoms with Crippen molar-refractivity contribution in [3.63, 3.8) is 0 Å². The second-order valence-electron chi connectivity index (χ2n) is 9.78. The van der Waals surface area contributed by atoms with Gasteiger partial charge in [-0.2, -0.15) is 0 Å². The molecule has 0 saturated heterocycles. The number of nitrogens with zero attached hydrogens (tertiary/aromatic N) is 2. The highest BCUT2D eigenvalue weighted by Gasteiger charge is 2.17. The summed E-state index contributed by atoms with van der Waals surface area (Å²) < 4.78 is 51.3. The SMILES string of the molecule is O=S(=O)(Cl)c1ccc2nc(-c3ccccc3)[nH]c2c1.O=S(=O)(Nc1ccccc1Br)c1ccc2nc(-c3ccccc3)[nH]c2c1. The molecule has 0 atom stereocenters. The van der Waals surface area contributed by atoms with Crippen molar-refractivity contribution in [1.82, 2.24) is 19.9 Å². The smallest absolute Gasteiger partial charge is 0.262 e. The summed E-state index contributed by atoms with van der Waals surface area (Å²) in [4.78, 5) is 15.4. The van der Waals surface area contributed by atoms with Crippen molar-refractivity contribution >= 4 is 73.4 Å². The molecular weight excluding hydrogens is 698 g/mol. The number of H-pyrrole nitrogens is 2. The number of rotatable bonds is 6. The van der Waals surface area contributed by atoms with Crippen molar-refractivity contribution in [2.24, 2.45) is 0 Å². The fourth-order valence-corrected chi connectivity index (χ4v) is 6.91. The lowest BCUT2D eigenvalue weighted by atomic mass is 10.2. The van der Waals surface area contributed by atoms with E-state index in [1.807, 2.05) is 66.7 Å². The summed E-state index contributed by atoms with van der Waals surface area (Å²) in [6, 6.07) is 35.8. The van der Waals surface area contributed by atoms with E-state index < -0.39 is 19.1 Å². The Bertz CT molecular complexity index is 2360. The van der Waals surface area contributed by atoms with E-state index in [2.05, 4.69) is 40.6 Å². The second-order valence-corrected chi connectivity index (χ2v) is 14.9. The Kier molecular flexibility index (Phi) is 8.47. The van der Waals surface area contributed by atoms with Crippen LogP contribution in [0.25, 0.3) is 44.8 Å². The zero-order valence-electron chi connectivity index (χ0n) is 23.1. The van der Waals surface area contributed by atoms with Crippen LogP contribution in [-0.2, 0) is 19.1 Å². The van der Waals surface area contributed by atoms with E-state index in [1.54, 1.807) is 42.5 Å². The monoisotopic (exact) mass is 719 g/mol. The van der Waals surface area contributed by atoms with E-state index in [-0.39, 0.29) is 9.79 Å². The van der Waals surface area contributed by atoms with Crippen LogP contribution >= 0.6 is 26.6 Å². The predicted molar refractivity (Wildman–Crippen MR) is 181 cm³/mol. The molecule has 0 aliphatic rings. The van der Waals surface area contributed by atoms with Crippen LogP contribution in [0.4, 0.5) is 5.69 Å². The lowest BCUT2D eigenvalue weighted by molar-refractivity contribution is 0.601. The third-order valence-electron chi connectivity index (χ3n) is 6.71. The number of hydrogen-bond donors (Lipinski definition) is 3. The Labute approximate surface area is 271 Å². The molecule has 13 heteroatoms. The number of benzene rings is 5. The maximum atomic E-state index is 12.7. The summed E-state index contributed by atoms with van der Waals surface area (Å²) in [5, 5.41) is 0. The van der Waals surface area contributed by atoms with Gasteiger partial charge in [0.25, 0.3) is 19.1 Å². The Balaban J connectivity index is 0.000000167. The Morgan fingerprint density at radius 2 is 1.07 bits per heavy atom. The molecule has 7 rings (SSSR count). The van der Waals surface area contributed by atoms with Crippen LogP contribution in [0, 0.1) is 0 Å². The summed E-state index contributed by atoms with van der Waals surface area (Å²) in [7, 11) is -2.11. The molecule has 0 amide bonds. The Hall–Kier alpha value is -4.49. The maximum Gasteiger partial charge on any atom is 0.262 e. The number of para-hydroxylation sites is 1. The van der Waals surface area contributed by atoms with Crippen LogP contribution in [-0.4, -0.2) is 36.8 Å². The lowest BCUT2D eigenvalue weighted by Crippen LogP contribution is -2.13. The van der Waals surface area contributed by atoms with Crippen LogP contribution in [0.1, 0.15) is 0 Å². The van der Waals surface area contributed by atoms with Crippen LogP contribution < -0.4 is 4.72 Å². The maximum absolute atomic E-state index is 12.7. The van der Waals surface area contributed by atoms with Gasteiger partial charge in [0.05, 0.1) is 37.5 Å². The van der Waals surface area contributed by atoms with Crippen molar-refractivity contribution < 1.29 is 16.8 Å². The van der Waals surface area contributed by atoms with Gasteiger partial charge in [0.1, 0.15) is 11.6 Å². The molecule has 0 aliphatic carbocycles. The molecule has 0 unspecified atom stereocenters. The molecule has 226 valence electrons. The highest BCUT2D eigenvalue weighted by atomic mass is 79.9. The Morgan fingerprint density at radius 1 is 0.600 bits per heavy atom. The number of sulfonamides is 1. The summed E-state index contributed by atoms with van der Waals surface area (Å²) in [6.07, 6.45) is 0. The average molecular weight is 721 g/mol. The summed E-state index contributed by atoms with van der Waals surface area (Å²) in [6.45, 7) is 0. The minimum atomic E-state index is -3.73. The predicted octanol–water partition coefficient (Wildman–Crippen LogP) is 7.95. The fraction of sp³-hybridized carbons (Fsp3) is 0. The first-order valence-corrected chi connectivity index (χ1v) is 18.0. The van der Waals surface area contributed by atoms with E-state index in [0.717, 1.165) is 11.1 Å². The van der Waals surface area contributed by atoms with Gasteiger partial charge >= 0.3 is 0 Å². The molecule has 0 fully saturated rings. The van der Waals surface area contributed by atoms with Gasteiger partial charge in [-0.25, -0.2) is 26.8 Å². The van der Waals surface area contributed by atoms with E-state index in [9.17, 15) is 16.8 Å². The van der Waals surface area contributed by atoms with Gasteiger partial charge < -0.3 is 9.97 Å². The Morgan fingerprint density at radius 3 is 1.58 bits per heavy atom. The van der Waals surface area contributed by atoms with E-state index in [1.165, 1.54) is 12.1 Å². The molecule has 0 saturated carbocycles. The van der Waals surface area contributed by atoms with E-state index in [0.29, 0.717) is 43.9 Å². The minimum absolute atomic E-state index is 0.0601. The zero-order chi connectivity index (χ0) is 31.6. The minimum Gasteiger partial charge on any atom is -0.338 e. The first-order valence-electron chi connectivity index (χ1n) is 13.4. The molecule has 3 N–H and O–H groups in total. The molecular formula is C32H23BrClN5O4S2. The first-order chi connectivity index (χ1) is 21.6. The lowest BCUT2D eigenvalue weighted by Gasteiger charge is -2.09. The summed E-state index contributed by atoms with van der Waals surface area (Å²) in [5.41, 5.74) is 5.08. The standard InChI is InChI=1S/C19H14BrN3O2S.C13H9ClN2O2S/c20-15-8-4-5-9-16(15)23-26(24,25)14-10-11-17-18(12-14)22-19(21-17)13-6-2-1-3-7-13;14-19(17,18)10-6-7-11-12(8-10)16-13(15-11)9-4-2-1-3-5-9/h1-12,23H,(H,21,22);1-8H,(H,15,16). The normalized spacial score (nSPS) is 11.7. The quantitative estimate of drug-likeness (QED) is 0.149. The van der Waals surface area contributed by atoms with Gasteiger partial charge in [-0.05, 0) is 64.5 Å². The summed E-state index contributed by atoms with van der Waals surface area (Å²) in [5.74, 6) is 1.40. The van der Waals surface area contributed by atoms with Gasteiger partial charge in [0.2, 0.25) is 0 Å². The number of fused-ring (bicyclic) bond motifs is 2. The number of imidazole rings is 2. The second kappa shape index (κ2) is 12.5.